The van der Waals surface area contributed by atoms with Crippen molar-refractivity contribution in [2.75, 3.05) is 13.1 Å². The smallest absolute Gasteiger partial charge is 0.248 e. The molecule has 3 N–H and O–H groups in total. The third-order valence-corrected chi connectivity index (χ3v) is 6.05. The maximum absolute atomic E-state index is 11.5. The van der Waals surface area contributed by atoms with Crippen molar-refractivity contribution in [3.05, 3.63) is 71.1 Å². The maximum atomic E-state index is 11.5. The molecule has 0 fully saturated rings. The number of unbranched alkanes of at least 4 members (excludes halogenated alkanes) is 1. The van der Waals surface area contributed by atoms with Gasteiger partial charge >= 0.3 is 0 Å². The van der Waals surface area contributed by atoms with E-state index in [1.165, 1.54) is 16.5 Å². The highest BCUT2D eigenvalue weighted by Gasteiger charge is 2.22. The van der Waals surface area contributed by atoms with E-state index >= 15 is 0 Å². The molecule has 0 spiro atoms. The van der Waals surface area contributed by atoms with E-state index in [0.29, 0.717) is 5.56 Å². The number of benzene rings is 2. The minimum Gasteiger partial charge on any atom is -0.459 e. The molecule has 2 aromatic carbocycles. The second-order valence-electron chi connectivity index (χ2n) is 7.92. The molecule has 5 rings (SSSR count). The Bertz CT molecular complexity index is 1190. The molecule has 1 amide bonds. The van der Waals surface area contributed by atoms with Crippen LogP contribution in [-0.4, -0.2) is 28.9 Å². The Labute approximate surface area is 169 Å². The molecule has 5 nitrogen and oxygen atoms in total. The van der Waals surface area contributed by atoms with Crippen LogP contribution in [0.4, 0.5) is 0 Å². The van der Waals surface area contributed by atoms with E-state index in [9.17, 15) is 4.79 Å². The van der Waals surface area contributed by atoms with E-state index in [-0.39, 0.29) is 5.91 Å². The molecule has 148 valence electrons. The topological polar surface area (TPSA) is 75.3 Å². The Hall–Kier alpha value is -3.05. The second-order valence-corrected chi connectivity index (χ2v) is 7.92. The first kappa shape index (κ1) is 18.0. The van der Waals surface area contributed by atoms with Gasteiger partial charge in [-0.2, -0.15) is 0 Å². The highest BCUT2D eigenvalue weighted by Crippen LogP contribution is 2.30. The zero-order chi connectivity index (χ0) is 19.8. The van der Waals surface area contributed by atoms with Gasteiger partial charge in [0, 0.05) is 40.2 Å². The summed E-state index contributed by atoms with van der Waals surface area (Å²) in [5.74, 6) is 0.752. The number of H-pyrrole nitrogens is 1. The molecule has 0 atom stereocenters. The van der Waals surface area contributed by atoms with Gasteiger partial charge in [-0.1, -0.05) is 18.2 Å². The molecule has 29 heavy (non-hydrogen) atoms. The van der Waals surface area contributed by atoms with Crippen molar-refractivity contribution in [2.24, 2.45) is 5.73 Å². The van der Waals surface area contributed by atoms with Crippen molar-refractivity contribution in [1.29, 1.82) is 0 Å². The first-order valence-corrected chi connectivity index (χ1v) is 10.3. The Kier molecular flexibility index (Phi) is 4.60. The van der Waals surface area contributed by atoms with Gasteiger partial charge in [-0.15, -0.1) is 0 Å². The van der Waals surface area contributed by atoms with Crippen molar-refractivity contribution >= 4 is 27.8 Å². The molecule has 0 radical (unpaired) electrons. The van der Waals surface area contributed by atoms with Gasteiger partial charge in [0.1, 0.15) is 11.3 Å². The van der Waals surface area contributed by atoms with E-state index in [1.54, 1.807) is 6.07 Å². The van der Waals surface area contributed by atoms with Gasteiger partial charge in [0.05, 0.1) is 6.54 Å². The number of carbonyl (C=O) groups excluding carboxylic acids is 1. The fourth-order valence-electron chi connectivity index (χ4n) is 4.48. The minimum atomic E-state index is -0.380. The van der Waals surface area contributed by atoms with Crippen molar-refractivity contribution in [2.45, 2.75) is 32.2 Å². The molecular weight excluding hydrogens is 362 g/mol. The summed E-state index contributed by atoms with van der Waals surface area (Å²) >= 11 is 0. The van der Waals surface area contributed by atoms with E-state index in [2.05, 4.69) is 34.3 Å². The summed E-state index contributed by atoms with van der Waals surface area (Å²) in [6.07, 6.45) is 6.35. The van der Waals surface area contributed by atoms with Crippen LogP contribution in [0.15, 0.2) is 53.1 Å². The Morgan fingerprint density at radius 2 is 2.03 bits per heavy atom. The number of para-hydroxylation sites is 1. The van der Waals surface area contributed by atoms with Crippen molar-refractivity contribution < 1.29 is 9.21 Å². The van der Waals surface area contributed by atoms with E-state index in [4.69, 9.17) is 10.2 Å². The SMILES string of the molecule is NC(=O)c1ccc2[nH]cc(CCCCN3CCc4c(oc5ccccc45)C3)c2c1. The monoisotopic (exact) mass is 387 g/mol. The standard InChI is InChI=1S/C24H25N3O2/c25-24(28)16-8-9-21-20(13-16)17(14-26-21)5-3-4-11-27-12-10-19-18-6-1-2-7-22(18)29-23(19)15-27/h1-2,6-9,13-14,26H,3-5,10-12,15H2,(H2,25,28). The lowest BCUT2D eigenvalue weighted by molar-refractivity contribution is 0.100. The summed E-state index contributed by atoms with van der Waals surface area (Å²) < 4.78 is 6.08. The van der Waals surface area contributed by atoms with E-state index in [1.807, 2.05) is 18.2 Å². The molecule has 2 aromatic heterocycles. The Morgan fingerprint density at radius 3 is 2.93 bits per heavy atom. The van der Waals surface area contributed by atoms with E-state index in [0.717, 1.165) is 67.6 Å². The normalized spacial score (nSPS) is 14.5. The summed E-state index contributed by atoms with van der Waals surface area (Å²) in [5.41, 5.74) is 10.7. The highest BCUT2D eigenvalue weighted by molar-refractivity contribution is 5.97. The Morgan fingerprint density at radius 1 is 1.14 bits per heavy atom. The average Bonchev–Trinajstić information content (AvgIpc) is 3.31. The van der Waals surface area contributed by atoms with Crippen molar-refractivity contribution in [3.8, 4) is 0 Å². The van der Waals surface area contributed by atoms with Crippen LogP contribution < -0.4 is 5.73 Å². The number of rotatable bonds is 6. The molecule has 5 heteroatoms. The number of fused-ring (bicyclic) bond motifs is 4. The number of nitrogens with zero attached hydrogens (tertiary/aromatic N) is 1. The average molecular weight is 387 g/mol. The number of hydrogen-bond acceptors (Lipinski definition) is 3. The lowest BCUT2D eigenvalue weighted by Crippen LogP contribution is -2.30. The molecule has 4 aromatic rings. The van der Waals surface area contributed by atoms with Crippen LogP contribution in [0.5, 0.6) is 0 Å². The molecule has 0 aliphatic carbocycles. The van der Waals surface area contributed by atoms with Gasteiger partial charge in [0.25, 0.3) is 0 Å². The molecular formula is C24H25N3O2. The zero-order valence-corrected chi connectivity index (χ0v) is 16.4. The number of carbonyl (C=O) groups is 1. The lowest BCUT2D eigenvalue weighted by atomic mass is 10.0. The van der Waals surface area contributed by atoms with Crippen LogP contribution in [0.3, 0.4) is 0 Å². The number of aromatic nitrogens is 1. The number of amides is 1. The third kappa shape index (κ3) is 3.42. The number of nitrogens with one attached hydrogen (secondary N) is 1. The number of nitrogens with two attached hydrogens (primary N) is 1. The van der Waals surface area contributed by atoms with Gasteiger partial charge in [0.15, 0.2) is 0 Å². The van der Waals surface area contributed by atoms with Gasteiger partial charge in [-0.3, -0.25) is 9.69 Å². The van der Waals surface area contributed by atoms with Crippen LogP contribution in [0, 0.1) is 0 Å². The predicted octanol–water partition coefficient (Wildman–Crippen LogP) is 4.39. The van der Waals surface area contributed by atoms with Gasteiger partial charge in [-0.25, -0.2) is 0 Å². The zero-order valence-electron chi connectivity index (χ0n) is 16.4. The highest BCUT2D eigenvalue weighted by atomic mass is 16.3. The van der Waals surface area contributed by atoms with Crippen LogP contribution in [-0.2, 0) is 19.4 Å². The number of aromatic amines is 1. The van der Waals surface area contributed by atoms with Gasteiger partial charge < -0.3 is 15.1 Å². The summed E-state index contributed by atoms with van der Waals surface area (Å²) in [4.78, 5) is 17.2. The van der Waals surface area contributed by atoms with Crippen LogP contribution in [0.1, 0.15) is 40.1 Å². The van der Waals surface area contributed by atoms with Crippen LogP contribution >= 0.6 is 0 Å². The van der Waals surface area contributed by atoms with Crippen molar-refractivity contribution in [3.63, 3.8) is 0 Å². The number of hydrogen-bond donors (Lipinski definition) is 2. The number of aryl methyl sites for hydroxylation is 1. The molecule has 0 saturated carbocycles. The van der Waals surface area contributed by atoms with E-state index < -0.39 is 0 Å². The quantitative estimate of drug-likeness (QED) is 0.482. The molecule has 0 unspecified atom stereocenters. The fraction of sp³-hybridized carbons (Fsp3) is 0.292. The van der Waals surface area contributed by atoms with Crippen LogP contribution in [0.2, 0.25) is 0 Å². The Balaban J connectivity index is 1.19. The van der Waals surface area contributed by atoms with Gasteiger partial charge in [-0.05, 0) is 62.1 Å². The van der Waals surface area contributed by atoms with Crippen LogP contribution in [0.25, 0.3) is 21.9 Å². The minimum absolute atomic E-state index is 0.380. The molecule has 3 heterocycles. The summed E-state index contributed by atoms with van der Waals surface area (Å²) in [6.45, 7) is 3.07. The fourth-order valence-corrected chi connectivity index (χ4v) is 4.48. The first-order chi connectivity index (χ1) is 14.2. The molecule has 0 bridgehead atoms. The molecule has 0 saturated heterocycles. The summed E-state index contributed by atoms with van der Waals surface area (Å²) in [5, 5.41) is 2.38. The third-order valence-electron chi connectivity index (χ3n) is 6.05. The second kappa shape index (κ2) is 7.41. The van der Waals surface area contributed by atoms with Gasteiger partial charge in [0.2, 0.25) is 5.91 Å². The lowest BCUT2D eigenvalue weighted by Gasteiger charge is -2.25. The number of furan rings is 1. The van der Waals surface area contributed by atoms with Crippen molar-refractivity contribution in [1.82, 2.24) is 9.88 Å². The molecule has 1 aliphatic heterocycles. The largest absolute Gasteiger partial charge is 0.459 e. The maximum Gasteiger partial charge on any atom is 0.248 e. The predicted molar refractivity (Wildman–Crippen MR) is 115 cm³/mol. The first-order valence-electron chi connectivity index (χ1n) is 10.3. The summed E-state index contributed by atoms with van der Waals surface area (Å²) in [6, 6.07) is 13.9. The molecule has 1 aliphatic rings. The summed E-state index contributed by atoms with van der Waals surface area (Å²) in [7, 11) is 0. The number of primary amides is 1.